The molecule has 0 bridgehead atoms. The molecule has 1 rings (SSSR count). The van der Waals surface area contributed by atoms with Crippen molar-refractivity contribution in [3.05, 3.63) is 5.89 Å². The Labute approximate surface area is 99.2 Å². The molecular formula is C10H18F2N4O. The summed E-state index contributed by atoms with van der Waals surface area (Å²) < 4.78 is 29.5. The number of alkyl halides is 2. The van der Waals surface area contributed by atoms with Gasteiger partial charge in [0.15, 0.2) is 0 Å². The largest absolute Gasteiger partial charge is 0.407 e. The van der Waals surface area contributed by atoms with Gasteiger partial charge in [-0.1, -0.05) is 18.9 Å². The molecule has 0 amide bonds. The highest BCUT2D eigenvalue weighted by Crippen LogP contribution is 2.11. The molecule has 0 atom stereocenters. The molecule has 1 heterocycles. The lowest BCUT2D eigenvalue weighted by Crippen LogP contribution is -2.24. The van der Waals surface area contributed by atoms with Gasteiger partial charge in [0.2, 0.25) is 5.89 Å². The Kier molecular flexibility index (Phi) is 5.27. The molecule has 0 aliphatic rings. The fraction of sp³-hybridized carbons (Fsp3) is 0.800. The molecule has 1 aromatic rings. The zero-order valence-electron chi connectivity index (χ0n) is 10.3. The Morgan fingerprint density at radius 3 is 2.65 bits per heavy atom. The maximum Gasteiger partial charge on any atom is 0.318 e. The number of hydrogen-bond donors (Lipinski definition) is 1. The lowest BCUT2D eigenvalue weighted by atomic mass is 10.2. The summed E-state index contributed by atoms with van der Waals surface area (Å²) in [6.07, 6.45) is -2.42. The molecule has 0 saturated carbocycles. The van der Waals surface area contributed by atoms with Crippen molar-refractivity contribution in [1.82, 2.24) is 15.5 Å². The molecule has 0 aliphatic carbocycles. The van der Waals surface area contributed by atoms with Crippen molar-refractivity contribution in [2.24, 2.45) is 5.92 Å². The van der Waals surface area contributed by atoms with Gasteiger partial charge in [0.05, 0.1) is 13.1 Å². The second-order valence-electron chi connectivity index (χ2n) is 4.27. The van der Waals surface area contributed by atoms with Crippen molar-refractivity contribution in [2.45, 2.75) is 26.8 Å². The van der Waals surface area contributed by atoms with Gasteiger partial charge in [0.1, 0.15) is 0 Å². The van der Waals surface area contributed by atoms with Gasteiger partial charge >= 0.3 is 6.01 Å². The molecule has 0 saturated heterocycles. The zero-order valence-corrected chi connectivity index (χ0v) is 10.3. The van der Waals surface area contributed by atoms with Crippen LogP contribution in [0.4, 0.5) is 14.8 Å². The van der Waals surface area contributed by atoms with Crippen LogP contribution in [0, 0.1) is 5.92 Å². The molecule has 0 aliphatic heterocycles. The lowest BCUT2D eigenvalue weighted by molar-refractivity contribution is 0.155. The van der Waals surface area contributed by atoms with Crippen molar-refractivity contribution in [3.8, 4) is 0 Å². The first-order chi connectivity index (χ1) is 7.99. The van der Waals surface area contributed by atoms with Crippen LogP contribution < -0.4 is 10.2 Å². The van der Waals surface area contributed by atoms with Crippen molar-refractivity contribution < 1.29 is 13.2 Å². The summed E-state index contributed by atoms with van der Waals surface area (Å²) in [5, 5.41) is 10.6. The molecule has 5 nitrogen and oxygen atoms in total. The lowest BCUT2D eigenvalue weighted by Gasteiger charge is -2.12. The van der Waals surface area contributed by atoms with Gasteiger partial charge < -0.3 is 14.6 Å². The molecule has 7 heteroatoms. The number of aromatic nitrogens is 2. The summed E-state index contributed by atoms with van der Waals surface area (Å²) in [7, 11) is 1.49. The highest BCUT2D eigenvalue weighted by molar-refractivity contribution is 5.21. The number of nitrogens with one attached hydrogen (secondary N) is 1. The number of nitrogens with zero attached hydrogens (tertiary/aromatic N) is 3. The summed E-state index contributed by atoms with van der Waals surface area (Å²) in [5.74, 6) is 0.931. The van der Waals surface area contributed by atoms with Gasteiger partial charge in [-0.05, 0) is 12.5 Å². The number of rotatable bonds is 7. The van der Waals surface area contributed by atoms with Crippen LogP contribution in [-0.4, -0.2) is 36.8 Å². The number of hydrogen-bond acceptors (Lipinski definition) is 5. The van der Waals surface area contributed by atoms with Crippen LogP contribution in [-0.2, 0) is 6.54 Å². The predicted molar refractivity (Wildman–Crippen MR) is 60.1 cm³/mol. The Morgan fingerprint density at radius 2 is 2.06 bits per heavy atom. The predicted octanol–water partition coefficient (Wildman–Crippen LogP) is 1.52. The SMILES string of the molecule is CC(C)CNCc1nnc(N(C)CC(F)F)o1. The second kappa shape index (κ2) is 6.48. The van der Waals surface area contributed by atoms with Crippen LogP contribution >= 0.6 is 0 Å². The molecule has 1 N–H and O–H groups in total. The molecule has 1 aromatic heterocycles. The monoisotopic (exact) mass is 248 g/mol. The van der Waals surface area contributed by atoms with E-state index in [0.29, 0.717) is 18.4 Å². The maximum atomic E-state index is 12.1. The summed E-state index contributed by atoms with van der Waals surface area (Å²) in [6.45, 7) is 5.05. The third-order valence-corrected chi connectivity index (χ3v) is 2.02. The number of halogens is 2. The average Bonchev–Trinajstić information content (AvgIpc) is 2.64. The Balaban J connectivity index is 2.42. The minimum Gasteiger partial charge on any atom is -0.407 e. The van der Waals surface area contributed by atoms with E-state index < -0.39 is 13.0 Å². The summed E-state index contributed by atoms with van der Waals surface area (Å²) in [6, 6.07) is 0.117. The third kappa shape index (κ3) is 5.08. The Hall–Kier alpha value is -1.24. The van der Waals surface area contributed by atoms with Crippen LogP contribution in [0.2, 0.25) is 0 Å². The minimum absolute atomic E-state index is 0.117. The summed E-state index contributed by atoms with van der Waals surface area (Å²) >= 11 is 0. The third-order valence-electron chi connectivity index (χ3n) is 2.02. The molecule has 17 heavy (non-hydrogen) atoms. The van der Waals surface area contributed by atoms with Crippen LogP contribution in [0.25, 0.3) is 0 Å². The van der Waals surface area contributed by atoms with Crippen LogP contribution in [0.1, 0.15) is 19.7 Å². The smallest absolute Gasteiger partial charge is 0.318 e. The van der Waals surface area contributed by atoms with E-state index >= 15 is 0 Å². The topological polar surface area (TPSA) is 54.2 Å². The normalized spacial score (nSPS) is 11.5. The highest BCUT2D eigenvalue weighted by Gasteiger charge is 2.14. The van der Waals surface area contributed by atoms with E-state index in [1.54, 1.807) is 0 Å². The first kappa shape index (κ1) is 13.8. The molecule has 0 spiro atoms. The molecule has 0 unspecified atom stereocenters. The van der Waals surface area contributed by atoms with E-state index in [1.807, 2.05) is 0 Å². The van der Waals surface area contributed by atoms with Crippen LogP contribution in [0.3, 0.4) is 0 Å². The van der Waals surface area contributed by atoms with Gasteiger partial charge in [-0.2, -0.15) is 0 Å². The highest BCUT2D eigenvalue weighted by atomic mass is 19.3. The van der Waals surface area contributed by atoms with E-state index in [9.17, 15) is 8.78 Å². The van der Waals surface area contributed by atoms with Crippen molar-refractivity contribution >= 4 is 6.01 Å². The van der Waals surface area contributed by atoms with Gasteiger partial charge in [-0.25, -0.2) is 8.78 Å². The molecular weight excluding hydrogens is 230 g/mol. The quantitative estimate of drug-likeness (QED) is 0.792. The van der Waals surface area contributed by atoms with E-state index in [2.05, 4.69) is 29.4 Å². The number of anilines is 1. The first-order valence-corrected chi connectivity index (χ1v) is 5.51. The molecule has 98 valence electrons. The molecule has 0 fully saturated rings. The van der Waals surface area contributed by atoms with Crippen LogP contribution in [0.15, 0.2) is 4.42 Å². The van der Waals surface area contributed by atoms with Crippen molar-refractivity contribution in [1.29, 1.82) is 0 Å². The van der Waals surface area contributed by atoms with Gasteiger partial charge in [0.25, 0.3) is 6.43 Å². The van der Waals surface area contributed by atoms with E-state index in [4.69, 9.17) is 4.42 Å². The summed E-state index contributed by atoms with van der Waals surface area (Å²) in [4.78, 5) is 1.24. The van der Waals surface area contributed by atoms with E-state index in [1.165, 1.54) is 11.9 Å². The fourth-order valence-electron chi connectivity index (χ4n) is 1.22. The van der Waals surface area contributed by atoms with Gasteiger partial charge in [-0.3, -0.25) is 0 Å². The Bertz CT molecular complexity index is 330. The van der Waals surface area contributed by atoms with Crippen LogP contribution in [0.5, 0.6) is 0 Å². The zero-order chi connectivity index (χ0) is 12.8. The standard InChI is InChI=1S/C10H18F2N4O/c1-7(2)4-13-5-9-14-15-10(17-9)16(3)6-8(11)12/h7-8,13H,4-6H2,1-3H3. The fourth-order valence-corrected chi connectivity index (χ4v) is 1.22. The minimum atomic E-state index is -2.42. The van der Waals surface area contributed by atoms with Crippen molar-refractivity contribution in [2.75, 3.05) is 25.0 Å². The van der Waals surface area contributed by atoms with E-state index in [-0.39, 0.29) is 6.01 Å². The van der Waals surface area contributed by atoms with Crippen molar-refractivity contribution in [3.63, 3.8) is 0 Å². The van der Waals surface area contributed by atoms with Gasteiger partial charge in [0, 0.05) is 7.05 Å². The first-order valence-electron chi connectivity index (χ1n) is 5.51. The molecule has 0 radical (unpaired) electrons. The molecule has 0 aromatic carbocycles. The van der Waals surface area contributed by atoms with E-state index in [0.717, 1.165) is 6.54 Å². The second-order valence-corrected chi connectivity index (χ2v) is 4.27. The summed E-state index contributed by atoms with van der Waals surface area (Å²) in [5.41, 5.74) is 0. The Morgan fingerprint density at radius 1 is 1.35 bits per heavy atom. The maximum absolute atomic E-state index is 12.1. The van der Waals surface area contributed by atoms with Gasteiger partial charge in [-0.15, -0.1) is 5.10 Å². The average molecular weight is 248 g/mol.